The van der Waals surface area contributed by atoms with Crippen molar-refractivity contribution in [3.63, 3.8) is 0 Å². The van der Waals surface area contributed by atoms with Gasteiger partial charge in [-0.15, -0.1) is 0 Å². The first kappa shape index (κ1) is 60.6. The number of isocyanates is 3. The minimum Gasteiger partial charge on any atom is -0.247 e. The van der Waals surface area contributed by atoms with E-state index in [-0.39, 0.29) is 37.8 Å². The number of aromatic nitrogens is 3. The maximum Gasteiger partial charge on any atom is 0.336 e. The average molecular weight is 925 g/mol. The quantitative estimate of drug-likeness (QED) is 0.0360. The molecule has 0 aliphatic carbocycles. The number of hydrogen-bond donors (Lipinski definition) is 0. The van der Waals surface area contributed by atoms with Gasteiger partial charge in [-0.1, -0.05) is 213 Å². The molecule has 0 N–H and O–H groups in total. The normalized spacial score (nSPS) is 12.6. The van der Waals surface area contributed by atoms with Gasteiger partial charge in [-0.05, 0) is 57.8 Å². The van der Waals surface area contributed by atoms with E-state index in [1.54, 1.807) is 18.2 Å². The Kier molecular flexibility index (Phi) is 40.5. The predicted octanol–water partition coefficient (Wildman–Crippen LogP) is 13.6. The van der Waals surface area contributed by atoms with Gasteiger partial charge in [0.15, 0.2) is 0 Å². The SMILES string of the molecule is CCCCCCCCCCC(CCCCCn1c(=O)n(CCCCCC(CCCCCCCCCC)N=C=O)c(=O)n(CCCCCC(CCCCCCCCCC)N=C=O)c1=O)N=C=O. The third kappa shape index (κ3) is 30.8. The minimum absolute atomic E-state index is 0.0549. The van der Waals surface area contributed by atoms with Crippen molar-refractivity contribution < 1.29 is 14.4 Å². The highest BCUT2D eigenvalue weighted by Gasteiger charge is 2.17. The Morgan fingerprint density at radius 3 is 0.682 bits per heavy atom. The van der Waals surface area contributed by atoms with Crippen LogP contribution in [0.1, 0.15) is 271 Å². The van der Waals surface area contributed by atoms with Crippen LogP contribution in [0.15, 0.2) is 29.4 Å². The molecular weight excluding hydrogens is 829 g/mol. The van der Waals surface area contributed by atoms with E-state index in [9.17, 15) is 28.8 Å². The molecule has 0 bridgehead atoms. The summed E-state index contributed by atoms with van der Waals surface area (Å²) in [7, 11) is 0. The largest absolute Gasteiger partial charge is 0.336 e. The average Bonchev–Trinajstić information content (AvgIpc) is 3.31. The summed E-state index contributed by atoms with van der Waals surface area (Å²) in [4.78, 5) is 87.2. The second-order valence-electron chi connectivity index (χ2n) is 19.3. The summed E-state index contributed by atoms with van der Waals surface area (Å²) in [5, 5.41) is 0. The standard InChI is InChI=1S/C54H96N6O6/c1-4-7-10-13-16-19-22-28-37-49(55-46-61)40-31-25-34-43-58-52(64)59(44-35-26-32-41-50(56-47-62)38-29-23-20-17-14-11-8-5-2)54(66)60(53(58)65)45-36-27-33-42-51(57-48-63)39-30-24-21-18-15-12-9-6-3/h49-51H,4-45H2,1-3H3. The monoisotopic (exact) mass is 925 g/mol. The van der Waals surface area contributed by atoms with Crippen LogP contribution in [-0.4, -0.2) is 50.1 Å². The third-order valence-electron chi connectivity index (χ3n) is 13.5. The fourth-order valence-corrected chi connectivity index (χ4v) is 9.32. The number of aliphatic imine (C=N–C) groups is 3. The van der Waals surface area contributed by atoms with Gasteiger partial charge in [-0.2, -0.15) is 0 Å². The molecule has 0 aliphatic heterocycles. The molecule has 1 aromatic rings. The molecular formula is C54H96N6O6. The Hall–Kier alpha value is -3.45. The van der Waals surface area contributed by atoms with Crippen LogP contribution >= 0.6 is 0 Å². The Balaban J connectivity index is 2.88. The van der Waals surface area contributed by atoms with E-state index in [2.05, 4.69) is 35.7 Å². The molecule has 66 heavy (non-hydrogen) atoms. The van der Waals surface area contributed by atoms with Crippen molar-refractivity contribution in [2.45, 2.75) is 309 Å². The zero-order valence-electron chi connectivity index (χ0n) is 42.6. The number of unbranched alkanes of at least 4 members (excludes halogenated alkanes) is 27. The van der Waals surface area contributed by atoms with Crippen molar-refractivity contribution in [2.75, 3.05) is 0 Å². The van der Waals surface area contributed by atoms with Crippen LogP contribution in [0.4, 0.5) is 0 Å². The van der Waals surface area contributed by atoms with Crippen molar-refractivity contribution in [1.29, 1.82) is 0 Å². The summed E-state index contributed by atoms with van der Waals surface area (Å²) in [5.74, 6) is 0. The van der Waals surface area contributed by atoms with Gasteiger partial charge in [0.05, 0.1) is 18.1 Å². The van der Waals surface area contributed by atoms with Gasteiger partial charge >= 0.3 is 17.1 Å². The second-order valence-corrected chi connectivity index (χ2v) is 19.3. The first-order chi connectivity index (χ1) is 32.4. The lowest BCUT2D eigenvalue weighted by Gasteiger charge is -2.15. The van der Waals surface area contributed by atoms with Gasteiger partial charge in [0.2, 0.25) is 18.2 Å². The number of hydrogen-bond acceptors (Lipinski definition) is 9. The van der Waals surface area contributed by atoms with Crippen LogP contribution in [0.3, 0.4) is 0 Å². The lowest BCUT2D eigenvalue weighted by atomic mass is 10.0. The van der Waals surface area contributed by atoms with Crippen molar-refractivity contribution in [3.8, 4) is 0 Å². The molecule has 1 aromatic heterocycles. The summed E-state index contributed by atoms with van der Waals surface area (Å²) in [6.07, 6.45) is 46.1. The topological polar surface area (TPSA) is 154 Å². The first-order valence-corrected chi connectivity index (χ1v) is 27.5. The molecule has 0 radical (unpaired) electrons. The number of nitrogens with zero attached hydrogens (tertiary/aromatic N) is 6. The van der Waals surface area contributed by atoms with Gasteiger partial charge in [-0.25, -0.2) is 57.4 Å². The van der Waals surface area contributed by atoms with Gasteiger partial charge in [0.1, 0.15) is 0 Å². The van der Waals surface area contributed by atoms with Crippen molar-refractivity contribution >= 4 is 18.2 Å². The molecule has 12 nitrogen and oxygen atoms in total. The Labute approximate surface area is 400 Å². The van der Waals surface area contributed by atoms with Crippen molar-refractivity contribution in [2.24, 2.45) is 15.0 Å². The lowest BCUT2D eigenvalue weighted by Crippen LogP contribution is -2.54. The van der Waals surface area contributed by atoms with Crippen LogP contribution in [0.2, 0.25) is 0 Å². The smallest absolute Gasteiger partial charge is 0.247 e. The van der Waals surface area contributed by atoms with Crippen LogP contribution in [-0.2, 0) is 34.0 Å². The highest BCUT2D eigenvalue weighted by molar-refractivity contribution is 5.34. The zero-order chi connectivity index (χ0) is 48.1. The molecule has 378 valence electrons. The molecule has 12 heteroatoms. The molecule has 0 spiro atoms. The fraction of sp³-hybridized carbons (Fsp3) is 0.889. The van der Waals surface area contributed by atoms with Crippen molar-refractivity contribution in [1.82, 2.24) is 13.7 Å². The summed E-state index contributed by atoms with van der Waals surface area (Å²) in [6, 6.07) is -0.165. The Bertz CT molecular complexity index is 1430. The first-order valence-electron chi connectivity index (χ1n) is 27.5. The van der Waals surface area contributed by atoms with E-state index in [4.69, 9.17) is 0 Å². The molecule has 0 saturated carbocycles. The molecule has 0 aromatic carbocycles. The molecule has 3 unspecified atom stereocenters. The summed E-state index contributed by atoms with van der Waals surface area (Å²) in [6.45, 7) is 7.33. The lowest BCUT2D eigenvalue weighted by molar-refractivity contribution is 0.405. The second kappa shape index (κ2) is 44.1. The predicted molar refractivity (Wildman–Crippen MR) is 272 cm³/mol. The van der Waals surface area contributed by atoms with Crippen LogP contribution in [0.25, 0.3) is 0 Å². The number of rotatable bonds is 48. The van der Waals surface area contributed by atoms with E-state index < -0.39 is 17.1 Å². The van der Waals surface area contributed by atoms with Crippen LogP contribution in [0, 0.1) is 0 Å². The van der Waals surface area contributed by atoms with E-state index in [1.807, 2.05) is 0 Å². The van der Waals surface area contributed by atoms with Gasteiger partial charge in [-0.3, -0.25) is 0 Å². The highest BCUT2D eigenvalue weighted by Crippen LogP contribution is 2.19. The summed E-state index contributed by atoms with van der Waals surface area (Å²) in [5.41, 5.74) is -1.69. The van der Waals surface area contributed by atoms with E-state index in [0.29, 0.717) is 19.3 Å². The minimum atomic E-state index is -0.562. The highest BCUT2D eigenvalue weighted by atomic mass is 16.2. The molecule has 3 atom stereocenters. The zero-order valence-corrected chi connectivity index (χ0v) is 42.6. The molecule has 1 heterocycles. The molecule has 0 amide bonds. The van der Waals surface area contributed by atoms with Gasteiger partial charge in [0, 0.05) is 19.6 Å². The van der Waals surface area contributed by atoms with Crippen LogP contribution < -0.4 is 17.1 Å². The molecule has 0 saturated heterocycles. The van der Waals surface area contributed by atoms with E-state index >= 15 is 0 Å². The van der Waals surface area contributed by atoms with E-state index in [1.165, 1.54) is 129 Å². The van der Waals surface area contributed by atoms with Gasteiger partial charge in [0.25, 0.3) is 0 Å². The van der Waals surface area contributed by atoms with Crippen LogP contribution in [0.5, 0.6) is 0 Å². The molecule has 0 aliphatic rings. The Morgan fingerprint density at radius 1 is 0.303 bits per heavy atom. The maximum atomic E-state index is 13.8. The fourth-order valence-electron chi connectivity index (χ4n) is 9.32. The Morgan fingerprint density at radius 2 is 0.485 bits per heavy atom. The van der Waals surface area contributed by atoms with Crippen molar-refractivity contribution in [3.05, 3.63) is 31.5 Å². The van der Waals surface area contributed by atoms with E-state index in [0.717, 1.165) is 116 Å². The maximum absolute atomic E-state index is 13.8. The molecule has 0 fully saturated rings. The third-order valence-corrected chi connectivity index (χ3v) is 13.5. The number of carbonyl (C=O) groups excluding carboxylic acids is 3. The summed E-state index contributed by atoms with van der Waals surface area (Å²) < 4.78 is 3.71. The van der Waals surface area contributed by atoms with Gasteiger partial charge < -0.3 is 0 Å². The molecule has 1 rings (SSSR count). The summed E-state index contributed by atoms with van der Waals surface area (Å²) >= 11 is 0.